The van der Waals surface area contributed by atoms with E-state index in [4.69, 9.17) is 4.74 Å². The molecule has 0 spiro atoms. The molecule has 1 aliphatic rings. The highest BCUT2D eigenvalue weighted by molar-refractivity contribution is 8.09. The van der Waals surface area contributed by atoms with E-state index in [0.717, 1.165) is 22.8 Å². The molecule has 2 nitrogen and oxygen atoms in total. The van der Waals surface area contributed by atoms with E-state index < -0.39 is 0 Å². The van der Waals surface area contributed by atoms with Crippen LogP contribution in [-0.2, 0) is 11.5 Å². The molecule has 0 radical (unpaired) electrons. The van der Waals surface area contributed by atoms with Crippen molar-refractivity contribution < 1.29 is 9.84 Å². The molecule has 3 rings (SSSR count). The molecule has 0 fully saturated rings. The van der Waals surface area contributed by atoms with Crippen molar-refractivity contribution in [2.75, 3.05) is 7.11 Å². The maximum absolute atomic E-state index is 9.69. The number of thioether (sulfide) groups is 2. The predicted octanol–water partition coefficient (Wildman–Crippen LogP) is 4.88. The van der Waals surface area contributed by atoms with Gasteiger partial charge in [-0.2, -0.15) is 0 Å². The molecule has 1 aliphatic heterocycles. The van der Waals surface area contributed by atoms with Gasteiger partial charge in [0.1, 0.15) is 11.5 Å². The highest BCUT2D eigenvalue weighted by Gasteiger charge is 2.14. The van der Waals surface area contributed by atoms with Crippen LogP contribution in [0.2, 0.25) is 0 Å². The lowest BCUT2D eigenvalue weighted by molar-refractivity contribution is 0.414. The number of benzene rings is 2. The number of rotatable bonds is 4. The van der Waals surface area contributed by atoms with E-state index >= 15 is 0 Å². The Kier molecular flexibility index (Phi) is 4.46. The van der Waals surface area contributed by atoms with Gasteiger partial charge in [0.05, 0.1) is 7.11 Å². The summed E-state index contributed by atoms with van der Waals surface area (Å²) in [4.78, 5) is 1.23. The average molecular weight is 316 g/mol. The average Bonchev–Trinajstić information content (AvgIpc) is 2.53. The number of aromatic hydroxyl groups is 1. The van der Waals surface area contributed by atoms with E-state index in [-0.39, 0.29) is 0 Å². The topological polar surface area (TPSA) is 29.5 Å². The monoisotopic (exact) mass is 316 g/mol. The zero-order valence-electron chi connectivity index (χ0n) is 11.7. The highest BCUT2D eigenvalue weighted by Crippen LogP contribution is 2.41. The van der Waals surface area contributed by atoms with Crippen LogP contribution in [0.4, 0.5) is 0 Å². The van der Waals surface area contributed by atoms with Crippen LogP contribution in [0.25, 0.3) is 4.91 Å². The summed E-state index contributed by atoms with van der Waals surface area (Å²) < 4.78 is 5.17. The summed E-state index contributed by atoms with van der Waals surface area (Å²) in [6, 6.07) is 13.8. The Morgan fingerprint density at radius 2 is 2.00 bits per heavy atom. The number of methoxy groups -OCH3 is 1. The van der Waals surface area contributed by atoms with Gasteiger partial charge in [-0.05, 0) is 46.4 Å². The smallest absolute Gasteiger partial charge is 0.118 e. The molecule has 1 N–H and O–H groups in total. The third kappa shape index (κ3) is 3.39. The molecule has 0 saturated heterocycles. The van der Waals surface area contributed by atoms with Crippen molar-refractivity contribution in [3.05, 3.63) is 64.6 Å². The van der Waals surface area contributed by atoms with Crippen molar-refractivity contribution in [3.63, 3.8) is 0 Å². The number of phenols is 1. The van der Waals surface area contributed by atoms with Crippen LogP contribution in [0.3, 0.4) is 0 Å². The molecular weight excluding hydrogens is 300 g/mol. The first-order valence-corrected chi connectivity index (χ1v) is 8.69. The van der Waals surface area contributed by atoms with Gasteiger partial charge in [0, 0.05) is 16.4 Å². The van der Waals surface area contributed by atoms with Crippen molar-refractivity contribution in [3.8, 4) is 11.5 Å². The molecule has 108 valence electrons. The minimum Gasteiger partial charge on any atom is -0.508 e. The molecule has 2 aromatic carbocycles. The second-order valence-electron chi connectivity index (χ2n) is 4.77. The fraction of sp³-hybridized carbons (Fsp3) is 0.176. The van der Waals surface area contributed by atoms with Crippen LogP contribution in [0, 0.1) is 0 Å². The molecule has 0 aromatic heterocycles. The van der Waals surface area contributed by atoms with Gasteiger partial charge in [-0.25, -0.2) is 0 Å². The maximum Gasteiger partial charge on any atom is 0.118 e. The van der Waals surface area contributed by atoms with Crippen molar-refractivity contribution in [2.45, 2.75) is 11.5 Å². The summed E-state index contributed by atoms with van der Waals surface area (Å²) in [5.74, 6) is 3.09. The van der Waals surface area contributed by atoms with Crippen molar-refractivity contribution in [2.24, 2.45) is 0 Å². The minimum absolute atomic E-state index is 0.330. The van der Waals surface area contributed by atoms with Gasteiger partial charge < -0.3 is 9.84 Å². The first kappa shape index (κ1) is 14.4. The number of hydrogen-bond acceptors (Lipinski definition) is 4. The molecule has 1 heterocycles. The van der Waals surface area contributed by atoms with Crippen LogP contribution in [0.1, 0.15) is 16.7 Å². The fourth-order valence-corrected chi connectivity index (χ4v) is 4.31. The Balaban J connectivity index is 1.73. The van der Waals surface area contributed by atoms with Gasteiger partial charge in [0.25, 0.3) is 0 Å². The highest BCUT2D eigenvalue weighted by atomic mass is 32.2. The fourth-order valence-electron chi connectivity index (χ4n) is 2.18. The molecule has 0 saturated carbocycles. The lowest BCUT2D eigenvalue weighted by Crippen LogP contribution is -1.94. The quantitative estimate of drug-likeness (QED) is 0.870. The van der Waals surface area contributed by atoms with Crippen molar-refractivity contribution in [1.29, 1.82) is 0 Å². The predicted molar refractivity (Wildman–Crippen MR) is 91.7 cm³/mol. The van der Waals surface area contributed by atoms with Gasteiger partial charge in [-0.3, -0.25) is 0 Å². The standard InChI is InChI=1S/C17H16O2S2/c1-19-15-6-2-12(3-7-15)9-21-17-11-20-10-13-4-5-14(18)8-16(13)17/h2-8,11,18H,9-10H2,1H3. The number of ether oxygens (including phenoxy) is 1. The lowest BCUT2D eigenvalue weighted by atomic mass is 10.1. The van der Waals surface area contributed by atoms with E-state index in [2.05, 4.69) is 17.5 Å². The van der Waals surface area contributed by atoms with Crippen LogP contribution in [0.15, 0.2) is 47.9 Å². The van der Waals surface area contributed by atoms with E-state index in [0.29, 0.717) is 5.75 Å². The van der Waals surface area contributed by atoms with E-state index in [1.807, 2.05) is 36.0 Å². The molecular formula is C17H16O2S2. The second-order valence-corrected chi connectivity index (χ2v) is 6.65. The Bertz CT molecular complexity index is 663. The van der Waals surface area contributed by atoms with E-state index in [1.165, 1.54) is 16.0 Å². The Morgan fingerprint density at radius 3 is 2.76 bits per heavy atom. The summed E-state index contributed by atoms with van der Waals surface area (Å²) in [5.41, 5.74) is 3.71. The molecule has 2 aromatic rings. The maximum atomic E-state index is 9.69. The third-order valence-electron chi connectivity index (χ3n) is 3.34. The largest absolute Gasteiger partial charge is 0.508 e. The van der Waals surface area contributed by atoms with Crippen LogP contribution >= 0.6 is 23.5 Å². The molecule has 0 atom stereocenters. The summed E-state index contributed by atoms with van der Waals surface area (Å²) in [6.07, 6.45) is 0. The Labute approximate surface area is 133 Å². The zero-order valence-corrected chi connectivity index (χ0v) is 13.3. The van der Waals surface area contributed by atoms with Gasteiger partial charge in [0.2, 0.25) is 0 Å². The molecule has 0 amide bonds. The number of fused-ring (bicyclic) bond motifs is 1. The summed E-state index contributed by atoms with van der Waals surface area (Å²) in [5, 5.41) is 11.9. The molecule has 0 unspecified atom stereocenters. The summed E-state index contributed by atoms with van der Waals surface area (Å²) in [7, 11) is 1.68. The Morgan fingerprint density at radius 1 is 1.19 bits per heavy atom. The van der Waals surface area contributed by atoms with Crippen molar-refractivity contribution >= 4 is 28.4 Å². The number of phenolic OH excluding ortho intramolecular Hbond substituents is 1. The molecule has 0 bridgehead atoms. The van der Waals surface area contributed by atoms with Crippen LogP contribution < -0.4 is 4.74 Å². The van der Waals surface area contributed by atoms with Crippen LogP contribution in [0.5, 0.6) is 11.5 Å². The number of hydrogen-bond donors (Lipinski definition) is 1. The Hall–Kier alpha value is -1.52. The summed E-state index contributed by atoms with van der Waals surface area (Å²) >= 11 is 3.61. The van der Waals surface area contributed by atoms with E-state index in [9.17, 15) is 5.11 Å². The van der Waals surface area contributed by atoms with Gasteiger partial charge in [0.15, 0.2) is 0 Å². The van der Waals surface area contributed by atoms with Gasteiger partial charge in [-0.15, -0.1) is 23.5 Å². The first-order chi connectivity index (χ1) is 10.3. The second kappa shape index (κ2) is 6.50. The first-order valence-electron chi connectivity index (χ1n) is 6.66. The molecule has 4 heteroatoms. The molecule has 21 heavy (non-hydrogen) atoms. The minimum atomic E-state index is 0.330. The molecule has 0 aliphatic carbocycles. The van der Waals surface area contributed by atoms with Gasteiger partial charge >= 0.3 is 0 Å². The van der Waals surface area contributed by atoms with Gasteiger partial charge in [-0.1, -0.05) is 18.2 Å². The SMILES string of the molecule is COc1ccc(CSC2=CSCc3ccc(O)cc32)cc1. The third-order valence-corrected chi connectivity index (χ3v) is 5.50. The van der Waals surface area contributed by atoms with Crippen molar-refractivity contribution in [1.82, 2.24) is 0 Å². The van der Waals surface area contributed by atoms with E-state index in [1.54, 1.807) is 24.9 Å². The summed E-state index contributed by atoms with van der Waals surface area (Å²) in [6.45, 7) is 0. The zero-order chi connectivity index (χ0) is 14.7. The lowest BCUT2D eigenvalue weighted by Gasteiger charge is -2.17. The normalized spacial score (nSPS) is 13.5. The van der Waals surface area contributed by atoms with Crippen LogP contribution in [-0.4, -0.2) is 12.2 Å².